The van der Waals surface area contributed by atoms with Gasteiger partial charge in [-0.3, -0.25) is 0 Å². The van der Waals surface area contributed by atoms with E-state index in [0.29, 0.717) is 12.4 Å². The summed E-state index contributed by atoms with van der Waals surface area (Å²) < 4.78 is 11.3. The summed E-state index contributed by atoms with van der Waals surface area (Å²) in [5.41, 5.74) is 7.59. The fourth-order valence-corrected chi connectivity index (χ4v) is 2.61. The number of hydrogen-bond donors (Lipinski definition) is 0. The molecule has 0 heterocycles. The van der Waals surface area contributed by atoms with Crippen molar-refractivity contribution < 1.29 is 9.47 Å². The molecule has 24 heavy (non-hydrogen) atoms. The summed E-state index contributed by atoms with van der Waals surface area (Å²) in [5.74, 6) is 7.85. The molecular weight excluding hydrogens is 328 g/mol. The Labute approximate surface area is 149 Å². The van der Waals surface area contributed by atoms with E-state index in [9.17, 15) is 0 Å². The van der Waals surface area contributed by atoms with Crippen LogP contribution >= 0.6 is 0 Å². The van der Waals surface area contributed by atoms with Crippen molar-refractivity contribution in [3.05, 3.63) is 41.7 Å². The first-order chi connectivity index (χ1) is 11.1. The lowest BCUT2D eigenvalue weighted by molar-refractivity contribution is 0.219. The lowest BCUT2D eigenvalue weighted by Crippen LogP contribution is -2.16. The summed E-state index contributed by atoms with van der Waals surface area (Å²) >= 11 is 0. The predicted molar refractivity (Wildman–Crippen MR) is 108 cm³/mol. The average Bonchev–Trinajstić information content (AvgIpc) is 2.47. The monoisotopic (exact) mass is 356 g/mol. The van der Waals surface area contributed by atoms with Gasteiger partial charge in [-0.25, -0.2) is 0 Å². The Balaban J connectivity index is 2.87. The van der Waals surface area contributed by atoms with E-state index in [-0.39, 0.29) is 0 Å². The molecular formula is C20H28O2Si2. The van der Waals surface area contributed by atoms with E-state index < -0.39 is 16.1 Å². The minimum absolute atomic E-state index is 0.350. The lowest BCUT2D eigenvalue weighted by Gasteiger charge is -2.10. The highest BCUT2D eigenvalue weighted by Crippen LogP contribution is 2.18. The minimum atomic E-state index is -1.42. The van der Waals surface area contributed by atoms with Crippen LogP contribution in [0.5, 0.6) is 5.75 Å². The Bertz CT molecular complexity index is 699. The van der Waals surface area contributed by atoms with Crippen molar-refractivity contribution in [1.82, 2.24) is 0 Å². The van der Waals surface area contributed by atoms with Crippen LogP contribution in [0, 0.1) is 22.9 Å². The molecule has 1 aromatic rings. The van der Waals surface area contributed by atoms with Gasteiger partial charge in [0.25, 0.3) is 0 Å². The fourth-order valence-electron chi connectivity index (χ4n) is 1.59. The van der Waals surface area contributed by atoms with Gasteiger partial charge in [0, 0.05) is 6.08 Å². The van der Waals surface area contributed by atoms with Crippen LogP contribution < -0.4 is 4.74 Å². The second kappa shape index (κ2) is 8.82. The van der Waals surface area contributed by atoms with E-state index in [2.05, 4.69) is 62.2 Å². The first-order valence-corrected chi connectivity index (χ1v) is 15.1. The van der Waals surface area contributed by atoms with E-state index in [4.69, 9.17) is 9.47 Å². The second-order valence-corrected chi connectivity index (χ2v) is 17.1. The molecule has 0 bridgehead atoms. The molecule has 1 aromatic carbocycles. The molecule has 0 saturated heterocycles. The van der Waals surface area contributed by atoms with Gasteiger partial charge < -0.3 is 9.47 Å². The number of hydrogen-bond acceptors (Lipinski definition) is 2. The van der Waals surface area contributed by atoms with E-state index in [1.165, 1.54) is 0 Å². The smallest absolute Gasteiger partial charge is 0.146 e. The van der Waals surface area contributed by atoms with E-state index in [1.807, 2.05) is 24.3 Å². The van der Waals surface area contributed by atoms with Gasteiger partial charge in [-0.1, -0.05) is 63.3 Å². The van der Waals surface area contributed by atoms with Crippen LogP contribution in [0.25, 0.3) is 0 Å². The molecule has 0 aliphatic carbocycles. The van der Waals surface area contributed by atoms with Crippen LogP contribution in [-0.2, 0) is 4.74 Å². The third-order valence-corrected chi connectivity index (χ3v) is 4.54. The standard InChI is InChI=1S/C20H28O2Si2/c1-21-19(12-10-15-23(2,3)4)17-22-20-13-9-8-11-18(20)14-16-24(5,6)7/h8-9,11-13H,17H2,1-7H3/b19-12-. The van der Waals surface area contributed by atoms with E-state index in [0.717, 1.165) is 11.3 Å². The first-order valence-electron chi connectivity index (χ1n) is 8.11. The summed E-state index contributed by atoms with van der Waals surface area (Å²) in [5, 5.41) is 0. The van der Waals surface area contributed by atoms with Gasteiger partial charge in [-0.05, 0) is 12.1 Å². The molecule has 4 heteroatoms. The van der Waals surface area contributed by atoms with Gasteiger partial charge in [0.2, 0.25) is 0 Å². The van der Waals surface area contributed by atoms with Crippen LogP contribution in [-0.4, -0.2) is 29.9 Å². The fraction of sp³-hybridized carbons (Fsp3) is 0.400. The molecule has 0 radical (unpaired) electrons. The van der Waals surface area contributed by atoms with E-state index >= 15 is 0 Å². The van der Waals surface area contributed by atoms with Gasteiger partial charge in [0.05, 0.1) is 12.7 Å². The highest BCUT2D eigenvalue weighted by atomic mass is 28.3. The summed E-state index contributed by atoms with van der Waals surface area (Å²) in [6, 6.07) is 7.86. The number of ether oxygens (including phenoxy) is 2. The number of benzene rings is 1. The van der Waals surface area contributed by atoms with Crippen molar-refractivity contribution in [3.8, 4) is 28.7 Å². The highest BCUT2D eigenvalue weighted by Gasteiger charge is 2.09. The van der Waals surface area contributed by atoms with Crippen LogP contribution in [0.4, 0.5) is 0 Å². The molecule has 0 fully saturated rings. The second-order valence-electron chi connectivity index (χ2n) is 7.62. The first kappa shape index (κ1) is 20.2. The molecule has 0 N–H and O–H groups in total. The van der Waals surface area contributed by atoms with Crippen LogP contribution in [0.2, 0.25) is 39.3 Å². The van der Waals surface area contributed by atoms with Crippen molar-refractivity contribution in [3.63, 3.8) is 0 Å². The van der Waals surface area contributed by atoms with Gasteiger partial charge in [0.15, 0.2) is 0 Å². The predicted octanol–water partition coefficient (Wildman–Crippen LogP) is 4.71. The Kier molecular flexibility index (Phi) is 7.41. The Morgan fingerprint density at radius 2 is 1.62 bits per heavy atom. The quantitative estimate of drug-likeness (QED) is 0.442. The molecule has 2 nitrogen and oxygen atoms in total. The molecule has 0 saturated carbocycles. The summed E-state index contributed by atoms with van der Waals surface area (Å²) in [7, 11) is -1.15. The normalized spacial score (nSPS) is 11.7. The maximum absolute atomic E-state index is 5.90. The van der Waals surface area contributed by atoms with Crippen molar-refractivity contribution in [2.45, 2.75) is 39.3 Å². The third kappa shape index (κ3) is 8.67. The number of methoxy groups -OCH3 is 1. The van der Waals surface area contributed by atoms with Gasteiger partial charge >= 0.3 is 0 Å². The van der Waals surface area contributed by atoms with Crippen molar-refractivity contribution in [1.29, 1.82) is 0 Å². The maximum atomic E-state index is 5.90. The molecule has 0 unspecified atom stereocenters. The number of allylic oxidation sites excluding steroid dienone is 1. The van der Waals surface area contributed by atoms with Crippen LogP contribution in [0.15, 0.2) is 36.1 Å². The van der Waals surface area contributed by atoms with Crippen LogP contribution in [0.1, 0.15) is 5.56 Å². The molecule has 0 amide bonds. The zero-order valence-corrected chi connectivity index (χ0v) is 17.9. The van der Waals surface area contributed by atoms with Gasteiger partial charge in [-0.15, -0.1) is 11.1 Å². The zero-order chi connectivity index (χ0) is 18.2. The van der Waals surface area contributed by atoms with Gasteiger partial charge in [0.1, 0.15) is 34.3 Å². The lowest BCUT2D eigenvalue weighted by atomic mass is 10.2. The summed E-state index contributed by atoms with van der Waals surface area (Å²) in [4.78, 5) is 0. The van der Waals surface area contributed by atoms with Crippen molar-refractivity contribution >= 4 is 16.1 Å². The van der Waals surface area contributed by atoms with Crippen molar-refractivity contribution in [2.75, 3.05) is 13.7 Å². The summed E-state index contributed by atoms with van der Waals surface area (Å²) in [6.07, 6.45) is 1.80. The van der Waals surface area contributed by atoms with Crippen LogP contribution in [0.3, 0.4) is 0 Å². The maximum Gasteiger partial charge on any atom is 0.146 e. The minimum Gasteiger partial charge on any atom is -0.497 e. The van der Waals surface area contributed by atoms with Gasteiger partial charge in [-0.2, -0.15) is 0 Å². The molecule has 128 valence electrons. The number of para-hydroxylation sites is 1. The van der Waals surface area contributed by atoms with E-state index in [1.54, 1.807) is 13.2 Å². The summed E-state index contributed by atoms with van der Waals surface area (Å²) in [6.45, 7) is 13.7. The Hall–Kier alpha value is -1.89. The Morgan fingerprint density at radius 3 is 2.21 bits per heavy atom. The molecule has 1 rings (SSSR count). The third-order valence-electron chi connectivity index (χ3n) is 2.77. The highest BCUT2D eigenvalue weighted by molar-refractivity contribution is 6.84. The topological polar surface area (TPSA) is 18.5 Å². The zero-order valence-electron chi connectivity index (χ0n) is 15.9. The SMILES string of the molecule is CO/C(=C\C#C[Si](C)(C)C)COc1ccccc1C#C[Si](C)(C)C. The average molecular weight is 357 g/mol. The number of rotatable bonds is 4. The molecule has 0 aromatic heterocycles. The Morgan fingerprint density at radius 1 is 1.00 bits per heavy atom. The largest absolute Gasteiger partial charge is 0.497 e. The molecule has 0 spiro atoms. The van der Waals surface area contributed by atoms with Crippen molar-refractivity contribution in [2.24, 2.45) is 0 Å². The molecule has 0 aliphatic heterocycles. The molecule has 0 aliphatic rings. The molecule has 0 atom stereocenters.